The second-order valence-electron chi connectivity index (χ2n) is 5.48. The summed E-state index contributed by atoms with van der Waals surface area (Å²) < 4.78 is 27.6. The number of carbonyl (C=O) groups is 1. The Morgan fingerprint density at radius 1 is 1.30 bits per heavy atom. The molecule has 1 amide bonds. The molecule has 0 aromatic heterocycles. The number of amides is 1. The Kier molecular flexibility index (Phi) is 6.26. The second kappa shape index (κ2) is 7.99. The normalized spacial score (nSPS) is 15.1. The summed E-state index contributed by atoms with van der Waals surface area (Å²) in [6.07, 6.45) is 8.25. The van der Waals surface area contributed by atoms with Crippen LogP contribution < -0.4 is 10.0 Å². The third-order valence-corrected chi connectivity index (χ3v) is 5.86. The second-order valence-corrected chi connectivity index (χ2v) is 8.09. The molecule has 0 atom stereocenters. The number of nitrogens with one attached hydrogen (secondary N) is 2. The minimum absolute atomic E-state index is 0.162. The van der Waals surface area contributed by atoms with Gasteiger partial charge in [0.05, 0.1) is 10.6 Å². The lowest BCUT2D eigenvalue weighted by molar-refractivity contribution is -0.114. The van der Waals surface area contributed by atoms with E-state index < -0.39 is 10.0 Å². The standard InChI is InChI=1S/C16H22N2O3S2/c1-12(19)18-15-10-14(8-9-16(15)22-2)23(20,21)17-11-13-6-4-3-5-7-13/h6,8-10,17H,3-5,7,11H2,1-2H3,(H,18,19). The molecule has 2 N–H and O–H groups in total. The molecular formula is C16H22N2O3S2. The van der Waals surface area contributed by atoms with Crippen LogP contribution in [-0.2, 0) is 14.8 Å². The summed E-state index contributed by atoms with van der Waals surface area (Å²) in [5.74, 6) is -0.227. The van der Waals surface area contributed by atoms with Gasteiger partial charge in [-0.1, -0.05) is 11.6 Å². The molecule has 23 heavy (non-hydrogen) atoms. The van der Waals surface area contributed by atoms with E-state index in [1.807, 2.05) is 6.26 Å². The zero-order chi connectivity index (χ0) is 16.9. The van der Waals surface area contributed by atoms with Crippen molar-refractivity contribution >= 4 is 33.4 Å². The molecule has 1 aromatic rings. The maximum atomic E-state index is 12.5. The van der Waals surface area contributed by atoms with Gasteiger partial charge in [0.1, 0.15) is 0 Å². The van der Waals surface area contributed by atoms with Crippen LogP contribution in [0.15, 0.2) is 39.6 Å². The molecule has 126 valence electrons. The van der Waals surface area contributed by atoms with E-state index in [1.165, 1.54) is 31.2 Å². The van der Waals surface area contributed by atoms with Crippen LogP contribution in [0.1, 0.15) is 32.6 Å². The molecule has 1 aliphatic carbocycles. The number of thioether (sulfide) groups is 1. The molecular weight excluding hydrogens is 332 g/mol. The van der Waals surface area contributed by atoms with E-state index in [4.69, 9.17) is 0 Å². The fourth-order valence-electron chi connectivity index (χ4n) is 2.48. The number of sulfonamides is 1. The quantitative estimate of drug-likeness (QED) is 0.608. The molecule has 7 heteroatoms. The maximum absolute atomic E-state index is 12.5. The first-order chi connectivity index (χ1) is 10.9. The van der Waals surface area contributed by atoms with Crippen molar-refractivity contribution in [2.45, 2.75) is 42.4 Å². The van der Waals surface area contributed by atoms with Gasteiger partial charge in [-0.3, -0.25) is 4.79 Å². The SMILES string of the molecule is CSc1ccc(S(=O)(=O)NCC2=CCCCC2)cc1NC(C)=O. The lowest BCUT2D eigenvalue weighted by Crippen LogP contribution is -2.26. The van der Waals surface area contributed by atoms with Crippen molar-refractivity contribution in [3.63, 3.8) is 0 Å². The number of anilines is 1. The van der Waals surface area contributed by atoms with E-state index in [0.29, 0.717) is 12.2 Å². The number of rotatable bonds is 6. The zero-order valence-electron chi connectivity index (χ0n) is 13.4. The molecule has 0 radical (unpaired) electrons. The van der Waals surface area contributed by atoms with Crippen molar-refractivity contribution in [3.05, 3.63) is 29.8 Å². The first-order valence-corrected chi connectivity index (χ1v) is 10.3. The van der Waals surface area contributed by atoms with Crippen LogP contribution in [0.3, 0.4) is 0 Å². The molecule has 1 aromatic carbocycles. The molecule has 2 rings (SSSR count). The van der Waals surface area contributed by atoms with Gasteiger partial charge in [-0.2, -0.15) is 0 Å². The molecule has 0 unspecified atom stereocenters. The van der Waals surface area contributed by atoms with Gasteiger partial charge in [0.15, 0.2) is 0 Å². The first kappa shape index (κ1) is 18.0. The number of hydrogen-bond donors (Lipinski definition) is 2. The summed E-state index contributed by atoms with van der Waals surface area (Å²) in [5.41, 5.74) is 1.66. The highest BCUT2D eigenvalue weighted by molar-refractivity contribution is 7.98. The summed E-state index contributed by atoms with van der Waals surface area (Å²) in [4.78, 5) is 12.3. The van der Waals surface area contributed by atoms with Gasteiger partial charge >= 0.3 is 0 Å². The molecule has 5 nitrogen and oxygen atoms in total. The third kappa shape index (κ3) is 5.09. The summed E-state index contributed by atoms with van der Waals surface area (Å²) in [6.45, 7) is 1.75. The Balaban J connectivity index is 2.18. The van der Waals surface area contributed by atoms with E-state index in [0.717, 1.165) is 29.7 Å². The summed E-state index contributed by atoms with van der Waals surface area (Å²) >= 11 is 1.45. The predicted molar refractivity (Wildman–Crippen MR) is 94.3 cm³/mol. The summed E-state index contributed by atoms with van der Waals surface area (Å²) in [7, 11) is -3.59. The number of allylic oxidation sites excluding steroid dienone is 1. The van der Waals surface area contributed by atoms with E-state index in [1.54, 1.807) is 12.1 Å². The average Bonchev–Trinajstić information content (AvgIpc) is 2.53. The molecule has 0 spiro atoms. The highest BCUT2D eigenvalue weighted by atomic mass is 32.2. The van der Waals surface area contributed by atoms with Crippen LogP contribution >= 0.6 is 11.8 Å². The van der Waals surface area contributed by atoms with E-state index >= 15 is 0 Å². The molecule has 0 bridgehead atoms. The third-order valence-electron chi connectivity index (χ3n) is 3.67. The average molecular weight is 354 g/mol. The van der Waals surface area contributed by atoms with Crippen molar-refractivity contribution in [2.24, 2.45) is 0 Å². The van der Waals surface area contributed by atoms with Gasteiger partial charge in [-0.25, -0.2) is 13.1 Å². The Bertz CT molecular complexity index is 712. The van der Waals surface area contributed by atoms with Gasteiger partial charge in [-0.05, 0) is 50.1 Å². The molecule has 0 fully saturated rings. The first-order valence-electron chi connectivity index (χ1n) is 7.55. The van der Waals surface area contributed by atoms with Gasteiger partial charge in [0, 0.05) is 18.4 Å². The summed E-state index contributed by atoms with van der Waals surface area (Å²) in [5, 5.41) is 2.68. The van der Waals surface area contributed by atoms with Crippen molar-refractivity contribution in [3.8, 4) is 0 Å². The largest absolute Gasteiger partial charge is 0.325 e. The molecule has 1 aliphatic rings. The van der Waals surface area contributed by atoms with Gasteiger partial charge < -0.3 is 5.32 Å². The smallest absolute Gasteiger partial charge is 0.240 e. The lowest BCUT2D eigenvalue weighted by Gasteiger charge is -2.15. The number of benzene rings is 1. The minimum atomic E-state index is -3.59. The van der Waals surface area contributed by atoms with Crippen molar-refractivity contribution in [1.82, 2.24) is 4.72 Å². The van der Waals surface area contributed by atoms with Crippen LogP contribution in [0.2, 0.25) is 0 Å². The van der Waals surface area contributed by atoms with Crippen LogP contribution in [0.25, 0.3) is 0 Å². The van der Waals surface area contributed by atoms with Crippen molar-refractivity contribution < 1.29 is 13.2 Å². The summed E-state index contributed by atoms with van der Waals surface area (Å²) in [6, 6.07) is 4.78. The van der Waals surface area contributed by atoms with Crippen LogP contribution in [0, 0.1) is 0 Å². The van der Waals surface area contributed by atoms with Crippen LogP contribution in [0.4, 0.5) is 5.69 Å². The van der Waals surface area contributed by atoms with Gasteiger partial charge in [0.2, 0.25) is 15.9 Å². The monoisotopic (exact) mass is 354 g/mol. The van der Waals surface area contributed by atoms with Crippen molar-refractivity contribution in [2.75, 3.05) is 18.1 Å². The highest BCUT2D eigenvalue weighted by Crippen LogP contribution is 2.28. The number of hydrogen-bond acceptors (Lipinski definition) is 4. The molecule has 0 saturated carbocycles. The molecule has 0 heterocycles. The maximum Gasteiger partial charge on any atom is 0.240 e. The van der Waals surface area contributed by atoms with Gasteiger partial charge in [-0.15, -0.1) is 11.8 Å². The number of carbonyl (C=O) groups excluding carboxylic acids is 1. The van der Waals surface area contributed by atoms with Crippen molar-refractivity contribution in [1.29, 1.82) is 0 Å². The fourth-order valence-corrected chi connectivity index (χ4v) is 4.07. The molecule has 0 aliphatic heterocycles. The zero-order valence-corrected chi connectivity index (χ0v) is 15.0. The van der Waals surface area contributed by atoms with E-state index in [-0.39, 0.29) is 10.8 Å². The lowest BCUT2D eigenvalue weighted by atomic mass is 10.0. The fraction of sp³-hybridized carbons (Fsp3) is 0.438. The Hall–Kier alpha value is -1.31. The van der Waals surface area contributed by atoms with Crippen LogP contribution in [0.5, 0.6) is 0 Å². The highest BCUT2D eigenvalue weighted by Gasteiger charge is 2.17. The van der Waals surface area contributed by atoms with E-state index in [9.17, 15) is 13.2 Å². The minimum Gasteiger partial charge on any atom is -0.325 e. The van der Waals surface area contributed by atoms with Crippen LogP contribution in [-0.4, -0.2) is 27.1 Å². The predicted octanol–water partition coefficient (Wildman–Crippen LogP) is 3.15. The van der Waals surface area contributed by atoms with E-state index in [2.05, 4.69) is 16.1 Å². The Labute approximate surface area is 142 Å². The Morgan fingerprint density at radius 3 is 2.70 bits per heavy atom. The molecule has 0 saturated heterocycles. The topological polar surface area (TPSA) is 75.3 Å². The Morgan fingerprint density at radius 2 is 2.09 bits per heavy atom. The van der Waals surface area contributed by atoms with Gasteiger partial charge in [0.25, 0.3) is 0 Å².